The molecule has 3 rings (SSSR count). The first-order valence-electron chi connectivity index (χ1n) is 9.67. The summed E-state index contributed by atoms with van der Waals surface area (Å²) < 4.78 is 0. The Bertz CT molecular complexity index is 618. The number of benzene rings is 1. The minimum Gasteiger partial charge on any atom is -0.394 e. The molecule has 3 amide bonds. The second kappa shape index (κ2) is 8.54. The smallest absolute Gasteiger partial charge is 0.318 e. The van der Waals surface area contributed by atoms with Crippen LogP contribution < -0.4 is 10.6 Å². The van der Waals surface area contributed by atoms with E-state index in [1.165, 1.54) is 0 Å². The number of amides is 3. The fourth-order valence-corrected chi connectivity index (χ4v) is 3.94. The molecule has 3 atom stereocenters. The summed E-state index contributed by atoms with van der Waals surface area (Å²) in [4.78, 5) is 26.5. The van der Waals surface area contributed by atoms with Crippen molar-refractivity contribution in [1.82, 2.24) is 15.5 Å². The van der Waals surface area contributed by atoms with E-state index in [1.807, 2.05) is 37.3 Å². The molecule has 0 unspecified atom stereocenters. The van der Waals surface area contributed by atoms with Crippen LogP contribution in [-0.4, -0.2) is 53.7 Å². The van der Waals surface area contributed by atoms with Gasteiger partial charge in [-0.15, -0.1) is 0 Å². The standard InChI is InChI=1S/C20H29N3O3/c1-2-11-21-20(26)23-16(12-22-19(25)15-9-6-10-15)18(17(23)13-24)14-7-4-3-5-8-14/h3-5,7-8,15-18,24H,2,6,9-13H2,1H3,(H,21,26)(H,22,25)/t16-,17-,18-/m1/s1. The molecule has 0 bridgehead atoms. The lowest BCUT2D eigenvalue weighted by atomic mass is 9.75. The molecule has 0 spiro atoms. The molecule has 26 heavy (non-hydrogen) atoms. The van der Waals surface area contributed by atoms with Gasteiger partial charge < -0.3 is 20.6 Å². The molecule has 1 aromatic rings. The lowest BCUT2D eigenvalue weighted by molar-refractivity contribution is -0.128. The van der Waals surface area contributed by atoms with Gasteiger partial charge in [0.2, 0.25) is 5.91 Å². The van der Waals surface area contributed by atoms with Crippen molar-refractivity contribution >= 4 is 11.9 Å². The van der Waals surface area contributed by atoms with E-state index in [0.717, 1.165) is 31.2 Å². The zero-order chi connectivity index (χ0) is 18.5. The van der Waals surface area contributed by atoms with E-state index in [-0.39, 0.29) is 42.5 Å². The average molecular weight is 359 g/mol. The van der Waals surface area contributed by atoms with Gasteiger partial charge in [-0.1, -0.05) is 43.7 Å². The number of hydrogen-bond donors (Lipinski definition) is 3. The van der Waals surface area contributed by atoms with Crippen LogP contribution in [0.2, 0.25) is 0 Å². The Morgan fingerprint density at radius 3 is 2.46 bits per heavy atom. The number of carbonyl (C=O) groups excluding carboxylic acids is 2. The van der Waals surface area contributed by atoms with Gasteiger partial charge >= 0.3 is 6.03 Å². The van der Waals surface area contributed by atoms with Gasteiger partial charge in [-0.2, -0.15) is 0 Å². The second-order valence-electron chi connectivity index (χ2n) is 7.27. The molecule has 1 aromatic carbocycles. The first-order valence-corrected chi connectivity index (χ1v) is 9.67. The van der Waals surface area contributed by atoms with E-state index in [4.69, 9.17) is 0 Å². The van der Waals surface area contributed by atoms with Gasteiger partial charge in [0.1, 0.15) is 0 Å². The fourth-order valence-electron chi connectivity index (χ4n) is 3.94. The van der Waals surface area contributed by atoms with Crippen molar-refractivity contribution in [3.05, 3.63) is 35.9 Å². The third kappa shape index (κ3) is 3.70. The van der Waals surface area contributed by atoms with Gasteiger partial charge in [0.05, 0.1) is 18.7 Å². The SMILES string of the molecule is CCCNC(=O)N1[C@H](CO)[C@H](c2ccccc2)[C@H]1CNC(=O)C1CCC1. The maximum Gasteiger partial charge on any atom is 0.318 e. The molecule has 1 aliphatic heterocycles. The number of aliphatic hydroxyl groups excluding tert-OH is 1. The fraction of sp³-hybridized carbons (Fsp3) is 0.600. The lowest BCUT2D eigenvalue weighted by Gasteiger charge is -2.54. The molecule has 1 saturated carbocycles. The minimum absolute atomic E-state index is 0.0234. The Morgan fingerprint density at radius 2 is 1.88 bits per heavy atom. The zero-order valence-corrected chi connectivity index (χ0v) is 15.4. The van der Waals surface area contributed by atoms with Crippen LogP contribution in [0.3, 0.4) is 0 Å². The predicted octanol–water partition coefficient (Wildman–Crippen LogP) is 1.85. The molecule has 6 nitrogen and oxygen atoms in total. The third-order valence-electron chi connectivity index (χ3n) is 5.64. The molecule has 0 aromatic heterocycles. The molecular weight excluding hydrogens is 330 g/mol. The quantitative estimate of drug-likeness (QED) is 0.695. The van der Waals surface area contributed by atoms with Crippen LogP contribution in [0, 0.1) is 5.92 Å². The van der Waals surface area contributed by atoms with Gasteiger partial charge in [0.15, 0.2) is 0 Å². The zero-order valence-electron chi connectivity index (χ0n) is 15.4. The van der Waals surface area contributed by atoms with E-state index in [1.54, 1.807) is 4.90 Å². The minimum atomic E-state index is -0.264. The number of nitrogens with one attached hydrogen (secondary N) is 2. The first kappa shape index (κ1) is 18.7. The predicted molar refractivity (Wildman–Crippen MR) is 99.7 cm³/mol. The van der Waals surface area contributed by atoms with Crippen LogP contribution >= 0.6 is 0 Å². The summed E-state index contributed by atoms with van der Waals surface area (Å²) in [5.41, 5.74) is 1.09. The maximum absolute atomic E-state index is 12.6. The van der Waals surface area contributed by atoms with Gasteiger partial charge in [-0.3, -0.25) is 4.79 Å². The van der Waals surface area contributed by atoms with Crippen LogP contribution in [0.5, 0.6) is 0 Å². The molecule has 3 N–H and O–H groups in total. The van der Waals surface area contributed by atoms with Gasteiger partial charge in [0, 0.05) is 24.9 Å². The molecule has 0 radical (unpaired) electrons. The molecule has 6 heteroatoms. The number of rotatable bonds is 7. The van der Waals surface area contributed by atoms with Crippen LogP contribution in [0.1, 0.15) is 44.1 Å². The average Bonchev–Trinajstić information content (AvgIpc) is 2.58. The Hall–Kier alpha value is -2.08. The van der Waals surface area contributed by atoms with Gasteiger partial charge in [0.25, 0.3) is 0 Å². The Morgan fingerprint density at radius 1 is 1.15 bits per heavy atom. The molecule has 2 fully saturated rings. The van der Waals surface area contributed by atoms with Crippen molar-refractivity contribution in [3.63, 3.8) is 0 Å². The topological polar surface area (TPSA) is 81.7 Å². The number of urea groups is 1. The highest BCUT2D eigenvalue weighted by molar-refractivity contribution is 5.80. The highest BCUT2D eigenvalue weighted by atomic mass is 16.3. The molecular formula is C20H29N3O3. The summed E-state index contributed by atoms with van der Waals surface area (Å²) in [6.45, 7) is 2.94. The van der Waals surface area contributed by atoms with E-state index in [2.05, 4.69) is 10.6 Å². The van der Waals surface area contributed by atoms with Crippen LogP contribution in [0.25, 0.3) is 0 Å². The molecule has 1 aliphatic carbocycles. The number of likely N-dealkylation sites (tertiary alicyclic amines) is 1. The van der Waals surface area contributed by atoms with E-state index in [0.29, 0.717) is 13.1 Å². The van der Waals surface area contributed by atoms with Crippen molar-refractivity contribution in [2.75, 3.05) is 19.7 Å². The van der Waals surface area contributed by atoms with Crippen molar-refractivity contribution < 1.29 is 14.7 Å². The highest BCUT2D eigenvalue weighted by Crippen LogP contribution is 2.40. The van der Waals surface area contributed by atoms with Crippen molar-refractivity contribution in [2.45, 2.75) is 50.6 Å². The van der Waals surface area contributed by atoms with Crippen LogP contribution in [0.4, 0.5) is 4.79 Å². The van der Waals surface area contributed by atoms with Crippen molar-refractivity contribution in [3.8, 4) is 0 Å². The summed E-state index contributed by atoms with van der Waals surface area (Å²) in [6.07, 6.45) is 3.89. The van der Waals surface area contributed by atoms with Crippen LogP contribution in [-0.2, 0) is 4.79 Å². The molecule has 2 aliphatic rings. The molecule has 1 saturated heterocycles. The molecule has 142 valence electrons. The van der Waals surface area contributed by atoms with E-state index in [9.17, 15) is 14.7 Å². The Balaban J connectivity index is 1.73. The number of carbonyl (C=O) groups is 2. The lowest BCUT2D eigenvalue weighted by Crippen LogP contribution is -2.70. The first-order chi connectivity index (χ1) is 12.7. The summed E-state index contributed by atoms with van der Waals surface area (Å²) in [6, 6.07) is 9.36. The van der Waals surface area contributed by atoms with Crippen molar-refractivity contribution in [1.29, 1.82) is 0 Å². The normalized spacial score (nSPS) is 25.2. The Kier molecular flexibility index (Phi) is 6.14. The van der Waals surface area contributed by atoms with Gasteiger partial charge in [-0.05, 0) is 24.8 Å². The maximum atomic E-state index is 12.6. The van der Waals surface area contributed by atoms with Crippen molar-refractivity contribution in [2.24, 2.45) is 5.92 Å². The van der Waals surface area contributed by atoms with E-state index >= 15 is 0 Å². The largest absolute Gasteiger partial charge is 0.394 e. The Labute approximate surface area is 155 Å². The number of hydrogen-bond acceptors (Lipinski definition) is 3. The summed E-state index contributed by atoms with van der Waals surface area (Å²) in [5, 5.41) is 15.8. The monoisotopic (exact) mass is 359 g/mol. The van der Waals surface area contributed by atoms with E-state index < -0.39 is 0 Å². The number of aliphatic hydroxyl groups is 1. The number of nitrogens with zero attached hydrogens (tertiary/aromatic N) is 1. The molecule has 1 heterocycles. The van der Waals surface area contributed by atoms with Crippen LogP contribution in [0.15, 0.2) is 30.3 Å². The summed E-state index contributed by atoms with van der Waals surface area (Å²) in [7, 11) is 0. The highest BCUT2D eigenvalue weighted by Gasteiger charge is 2.51. The van der Waals surface area contributed by atoms with Gasteiger partial charge in [-0.25, -0.2) is 4.79 Å². The summed E-state index contributed by atoms with van der Waals surface area (Å²) in [5.74, 6) is 0.237. The second-order valence-corrected chi connectivity index (χ2v) is 7.27. The third-order valence-corrected chi connectivity index (χ3v) is 5.64. The summed E-state index contributed by atoms with van der Waals surface area (Å²) >= 11 is 0.